The normalized spacial score (nSPS) is 11.0. The number of nitrogens with one attached hydrogen (secondary N) is 1. The van der Waals surface area contributed by atoms with Crippen LogP contribution in [0.15, 0.2) is 47.0 Å². The zero-order valence-corrected chi connectivity index (χ0v) is 15.8. The zero-order valence-electron chi connectivity index (χ0n) is 14.2. The highest BCUT2D eigenvalue weighted by molar-refractivity contribution is 6.42. The molecule has 0 radical (unpaired) electrons. The fraction of sp³-hybridized carbons (Fsp3) is 0.167. The van der Waals surface area contributed by atoms with Crippen LogP contribution in [0.25, 0.3) is 11.4 Å². The Hall–Kier alpha value is -2.48. The quantitative estimate of drug-likeness (QED) is 0.659. The van der Waals surface area contributed by atoms with Gasteiger partial charge in [0.1, 0.15) is 5.82 Å². The molecule has 0 saturated heterocycles. The molecule has 1 aromatic heterocycles. The molecular formula is C18H15Cl2FN4O2. The van der Waals surface area contributed by atoms with Gasteiger partial charge in [0.15, 0.2) is 0 Å². The number of hydrogen-bond acceptors (Lipinski definition) is 5. The van der Waals surface area contributed by atoms with Crippen LogP contribution in [0.5, 0.6) is 0 Å². The summed E-state index contributed by atoms with van der Waals surface area (Å²) in [6.45, 7) is 0.386. The maximum absolute atomic E-state index is 13.0. The molecular weight excluding hydrogens is 394 g/mol. The molecule has 140 valence electrons. The number of rotatable bonds is 6. The van der Waals surface area contributed by atoms with Gasteiger partial charge in [0.2, 0.25) is 17.6 Å². The predicted molar refractivity (Wildman–Crippen MR) is 101 cm³/mol. The molecule has 3 rings (SSSR count). The van der Waals surface area contributed by atoms with Crippen molar-refractivity contribution in [3.63, 3.8) is 0 Å². The minimum Gasteiger partial charge on any atom is -0.338 e. The number of amides is 1. The number of benzene rings is 2. The number of likely N-dealkylation sites (N-methyl/N-ethyl adjacent to an activating group) is 1. The van der Waals surface area contributed by atoms with Gasteiger partial charge in [-0.1, -0.05) is 28.4 Å². The van der Waals surface area contributed by atoms with Gasteiger partial charge in [-0.15, -0.1) is 0 Å². The van der Waals surface area contributed by atoms with Gasteiger partial charge in [0.05, 0.1) is 23.1 Å². The Labute approximate surface area is 164 Å². The highest BCUT2D eigenvalue weighted by atomic mass is 35.5. The Morgan fingerprint density at radius 2 is 1.93 bits per heavy atom. The van der Waals surface area contributed by atoms with Gasteiger partial charge in [-0.2, -0.15) is 4.98 Å². The van der Waals surface area contributed by atoms with Crippen LogP contribution in [0.1, 0.15) is 5.89 Å². The van der Waals surface area contributed by atoms with Crippen LogP contribution in [0, 0.1) is 5.82 Å². The molecule has 9 heteroatoms. The van der Waals surface area contributed by atoms with Gasteiger partial charge in [0, 0.05) is 11.3 Å². The van der Waals surface area contributed by atoms with Crippen LogP contribution < -0.4 is 5.32 Å². The van der Waals surface area contributed by atoms with Crippen molar-refractivity contribution in [2.24, 2.45) is 0 Å². The molecule has 0 bridgehead atoms. The van der Waals surface area contributed by atoms with Crippen LogP contribution in [-0.4, -0.2) is 34.5 Å². The Morgan fingerprint density at radius 1 is 1.19 bits per heavy atom. The zero-order chi connectivity index (χ0) is 19.4. The minimum absolute atomic E-state index is 0.106. The van der Waals surface area contributed by atoms with E-state index in [9.17, 15) is 9.18 Å². The molecule has 1 heterocycles. The molecule has 3 aromatic rings. The van der Waals surface area contributed by atoms with Gasteiger partial charge in [-0.25, -0.2) is 4.39 Å². The summed E-state index contributed by atoms with van der Waals surface area (Å²) < 4.78 is 18.2. The third-order valence-electron chi connectivity index (χ3n) is 3.59. The minimum atomic E-state index is -0.338. The Bertz CT molecular complexity index is 947. The van der Waals surface area contributed by atoms with Crippen molar-refractivity contribution in [1.29, 1.82) is 0 Å². The SMILES string of the molecule is CN(CC(=O)Nc1ccc(Cl)c(Cl)c1)Cc1nc(-c2ccc(F)cc2)no1. The van der Waals surface area contributed by atoms with E-state index in [1.807, 2.05) is 0 Å². The summed E-state index contributed by atoms with van der Waals surface area (Å²) in [7, 11) is 1.75. The molecule has 1 N–H and O–H groups in total. The average Bonchev–Trinajstić information content (AvgIpc) is 3.07. The van der Waals surface area contributed by atoms with Gasteiger partial charge in [-0.05, 0) is 49.5 Å². The number of hydrogen-bond donors (Lipinski definition) is 1. The Morgan fingerprint density at radius 3 is 2.63 bits per heavy atom. The molecule has 6 nitrogen and oxygen atoms in total. The fourth-order valence-corrected chi connectivity index (χ4v) is 2.64. The second-order valence-electron chi connectivity index (χ2n) is 5.87. The lowest BCUT2D eigenvalue weighted by atomic mass is 10.2. The number of carbonyl (C=O) groups excluding carboxylic acids is 1. The maximum atomic E-state index is 13.0. The largest absolute Gasteiger partial charge is 0.338 e. The number of halogens is 3. The van der Waals surface area contributed by atoms with Gasteiger partial charge in [-0.3, -0.25) is 9.69 Å². The van der Waals surface area contributed by atoms with Gasteiger partial charge >= 0.3 is 0 Å². The lowest BCUT2D eigenvalue weighted by Crippen LogP contribution is -2.29. The average molecular weight is 409 g/mol. The molecule has 2 aromatic carbocycles. The molecule has 27 heavy (non-hydrogen) atoms. The maximum Gasteiger partial charge on any atom is 0.241 e. The second kappa shape index (κ2) is 8.47. The van der Waals surface area contributed by atoms with E-state index in [1.54, 1.807) is 42.3 Å². The van der Waals surface area contributed by atoms with E-state index in [-0.39, 0.29) is 24.8 Å². The van der Waals surface area contributed by atoms with Gasteiger partial charge < -0.3 is 9.84 Å². The van der Waals surface area contributed by atoms with E-state index in [1.165, 1.54) is 12.1 Å². The number of nitrogens with zero attached hydrogens (tertiary/aromatic N) is 3. The van der Waals surface area contributed by atoms with Crippen molar-refractivity contribution in [2.45, 2.75) is 6.54 Å². The van der Waals surface area contributed by atoms with Crippen molar-refractivity contribution < 1.29 is 13.7 Å². The first kappa shape index (κ1) is 19.3. The number of aromatic nitrogens is 2. The van der Waals surface area contributed by atoms with Crippen molar-refractivity contribution >= 4 is 34.8 Å². The van der Waals surface area contributed by atoms with E-state index in [4.69, 9.17) is 27.7 Å². The predicted octanol–water partition coefficient (Wildman–Crippen LogP) is 4.25. The highest BCUT2D eigenvalue weighted by Gasteiger charge is 2.13. The summed E-state index contributed by atoms with van der Waals surface area (Å²) >= 11 is 11.8. The Balaban J connectivity index is 1.55. The van der Waals surface area contributed by atoms with Gasteiger partial charge in [0.25, 0.3) is 0 Å². The Kier molecular flexibility index (Phi) is 6.05. The summed E-state index contributed by atoms with van der Waals surface area (Å²) in [5.41, 5.74) is 1.20. The topological polar surface area (TPSA) is 71.3 Å². The van der Waals surface area contributed by atoms with Crippen molar-refractivity contribution in [3.8, 4) is 11.4 Å². The lowest BCUT2D eigenvalue weighted by Gasteiger charge is -2.14. The molecule has 0 saturated carbocycles. The van der Waals surface area contributed by atoms with Crippen molar-refractivity contribution in [3.05, 3.63) is 64.2 Å². The highest BCUT2D eigenvalue weighted by Crippen LogP contribution is 2.25. The second-order valence-corrected chi connectivity index (χ2v) is 6.68. The summed E-state index contributed by atoms with van der Waals surface area (Å²) in [5, 5.41) is 7.39. The molecule has 0 fully saturated rings. The third kappa shape index (κ3) is 5.26. The van der Waals surface area contributed by atoms with Crippen LogP contribution in [-0.2, 0) is 11.3 Å². The van der Waals surface area contributed by atoms with Crippen LogP contribution >= 0.6 is 23.2 Å². The molecule has 0 aliphatic carbocycles. The van der Waals surface area contributed by atoms with Crippen LogP contribution in [0.3, 0.4) is 0 Å². The number of carbonyl (C=O) groups is 1. The molecule has 0 aliphatic rings. The third-order valence-corrected chi connectivity index (χ3v) is 4.33. The fourth-order valence-electron chi connectivity index (χ4n) is 2.34. The number of anilines is 1. The van der Waals surface area contributed by atoms with E-state index in [2.05, 4.69) is 15.5 Å². The lowest BCUT2D eigenvalue weighted by molar-refractivity contribution is -0.117. The van der Waals surface area contributed by atoms with Crippen LogP contribution in [0.2, 0.25) is 10.0 Å². The van der Waals surface area contributed by atoms with E-state index in [0.29, 0.717) is 33.0 Å². The standard InChI is InChI=1S/C18H15Cl2FN4O2/c1-25(9-16(26)22-13-6-7-14(19)15(20)8-13)10-17-23-18(24-27-17)11-2-4-12(21)5-3-11/h2-8H,9-10H2,1H3,(H,22,26). The molecule has 1 amide bonds. The van der Waals surface area contributed by atoms with E-state index >= 15 is 0 Å². The summed E-state index contributed by atoms with van der Waals surface area (Å²) in [6.07, 6.45) is 0. The first-order chi connectivity index (χ1) is 12.9. The molecule has 0 aliphatic heterocycles. The van der Waals surface area contributed by atoms with Crippen LogP contribution in [0.4, 0.5) is 10.1 Å². The monoisotopic (exact) mass is 408 g/mol. The molecule has 0 atom stereocenters. The van der Waals surface area contributed by atoms with E-state index < -0.39 is 0 Å². The summed E-state index contributed by atoms with van der Waals surface area (Å²) in [5.74, 6) is 0.141. The molecule has 0 spiro atoms. The summed E-state index contributed by atoms with van der Waals surface area (Å²) in [4.78, 5) is 18.1. The smallest absolute Gasteiger partial charge is 0.241 e. The van der Waals surface area contributed by atoms with Crippen molar-refractivity contribution in [2.75, 3.05) is 18.9 Å². The first-order valence-electron chi connectivity index (χ1n) is 7.92. The van der Waals surface area contributed by atoms with Crippen molar-refractivity contribution in [1.82, 2.24) is 15.0 Å². The molecule has 0 unspecified atom stereocenters. The first-order valence-corrected chi connectivity index (χ1v) is 8.68. The summed E-state index contributed by atoms with van der Waals surface area (Å²) in [6, 6.07) is 10.6. The van der Waals surface area contributed by atoms with E-state index in [0.717, 1.165) is 0 Å².